The fraction of sp³-hybridized carbons (Fsp3) is 0.375. The number of halogens is 1. The zero-order chi connectivity index (χ0) is 7.56. The standard InChI is InChI=1S/C8H11BrN/c1-10(2)8-5-3-7(9)4-6-8/h3,5-6H,4H2,1-2H3. The smallest absolute Gasteiger partial charge is 0.0666 e. The molecule has 0 saturated carbocycles. The highest BCUT2D eigenvalue weighted by Gasteiger charge is 2.05. The van der Waals surface area contributed by atoms with Gasteiger partial charge in [0.15, 0.2) is 0 Å². The van der Waals surface area contributed by atoms with E-state index in [1.165, 1.54) is 10.5 Å². The lowest BCUT2D eigenvalue weighted by molar-refractivity contribution is 0.526. The molecule has 0 spiro atoms. The number of nitrogens with zero attached hydrogens (tertiary/aromatic N) is 1. The van der Waals surface area contributed by atoms with Crippen molar-refractivity contribution in [2.75, 3.05) is 14.1 Å². The second-order valence-electron chi connectivity index (χ2n) is 2.51. The van der Waals surface area contributed by atoms with Crippen molar-refractivity contribution in [3.63, 3.8) is 0 Å². The topological polar surface area (TPSA) is 3.24 Å². The molecule has 0 atom stereocenters. The highest BCUT2D eigenvalue weighted by molar-refractivity contribution is 9.11. The van der Waals surface area contributed by atoms with Gasteiger partial charge in [-0.3, -0.25) is 0 Å². The highest BCUT2D eigenvalue weighted by atomic mass is 79.9. The van der Waals surface area contributed by atoms with Crippen molar-refractivity contribution in [3.8, 4) is 0 Å². The predicted octanol–water partition coefficient (Wildman–Crippen LogP) is 2.32. The Hall–Kier alpha value is -0.240. The van der Waals surface area contributed by atoms with Gasteiger partial charge in [-0.15, -0.1) is 0 Å². The molecular weight excluding hydrogens is 190 g/mol. The van der Waals surface area contributed by atoms with E-state index in [0.29, 0.717) is 0 Å². The molecule has 0 N–H and O–H groups in total. The zero-order valence-electron chi connectivity index (χ0n) is 6.26. The summed E-state index contributed by atoms with van der Waals surface area (Å²) in [6, 6.07) is 0. The Kier molecular flexibility index (Phi) is 2.55. The average molecular weight is 201 g/mol. The molecule has 0 aromatic rings. The molecular formula is C8H11BrN. The molecule has 1 aliphatic rings. The summed E-state index contributed by atoms with van der Waals surface area (Å²) >= 11 is 3.43. The Morgan fingerprint density at radius 1 is 1.40 bits per heavy atom. The molecule has 10 heavy (non-hydrogen) atoms. The van der Waals surface area contributed by atoms with Gasteiger partial charge in [0, 0.05) is 19.8 Å². The van der Waals surface area contributed by atoms with Crippen LogP contribution in [0, 0.1) is 4.83 Å². The van der Waals surface area contributed by atoms with E-state index >= 15 is 0 Å². The summed E-state index contributed by atoms with van der Waals surface area (Å²) in [6.45, 7) is 0. The lowest BCUT2D eigenvalue weighted by Crippen LogP contribution is -2.10. The van der Waals surface area contributed by atoms with Crippen molar-refractivity contribution in [2.24, 2.45) is 0 Å². The van der Waals surface area contributed by atoms with Gasteiger partial charge in [0.25, 0.3) is 0 Å². The molecule has 55 valence electrons. The quantitative estimate of drug-likeness (QED) is 0.629. The van der Waals surface area contributed by atoms with Crippen LogP contribution in [0.5, 0.6) is 0 Å². The van der Waals surface area contributed by atoms with Crippen molar-refractivity contribution in [1.82, 2.24) is 4.90 Å². The van der Waals surface area contributed by atoms with E-state index in [1.807, 2.05) is 0 Å². The van der Waals surface area contributed by atoms with Gasteiger partial charge in [0.05, 0.1) is 4.83 Å². The molecule has 0 heterocycles. The molecule has 1 aliphatic carbocycles. The first kappa shape index (κ1) is 7.86. The first-order valence-electron chi connectivity index (χ1n) is 3.27. The maximum Gasteiger partial charge on any atom is 0.0666 e. The Balaban J connectivity index is 2.59. The van der Waals surface area contributed by atoms with E-state index in [-0.39, 0.29) is 0 Å². The minimum absolute atomic E-state index is 1.02. The first-order valence-corrected chi connectivity index (χ1v) is 4.06. The van der Waals surface area contributed by atoms with E-state index in [4.69, 9.17) is 0 Å². The summed E-state index contributed by atoms with van der Waals surface area (Å²) in [5, 5.41) is 0. The lowest BCUT2D eigenvalue weighted by Gasteiger charge is -2.17. The van der Waals surface area contributed by atoms with Crippen LogP contribution < -0.4 is 0 Å². The first-order chi connectivity index (χ1) is 4.70. The van der Waals surface area contributed by atoms with E-state index in [2.05, 4.69) is 53.2 Å². The Bertz CT molecular complexity index is 170. The number of hydrogen-bond donors (Lipinski definition) is 0. The summed E-state index contributed by atoms with van der Waals surface area (Å²) in [4.78, 5) is 3.36. The maximum absolute atomic E-state index is 3.43. The van der Waals surface area contributed by atoms with Gasteiger partial charge in [-0.25, -0.2) is 0 Å². The third kappa shape index (κ3) is 1.87. The number of hydrogen-bond acceptors (Lipinski definition) is 1. The largest absolute Gasteiger partial charge is 0.378 e. The Morgan fingerprint density at radius 2 is 2.10 bits per heavy atom. The summed E-state index contributed by atoms with van der Waals surface area (Å²) in [5.74, 6) is 0. The number of rotatable bonds is 1. The van der Waals surface area contributed by atoms with Crippen LogP contribution >= 0.6 is 15.9 Å². The average Bonchev–Trinajstić information content (AvgIpc) is 1.88. The van der Waals surface area contributed by atoms with Gasteiger partial charge in [0.2, 0.25) is 0 Å². The number of likely N-dealkylation sites (N-methyl/N-ethyl adjacent to an activating group) is 1. The normalized spacial score (nSPS) is 18.9. The van der Waals surface area contributed by atoms with Crippen LogP contribution in [0.4, 0.5) is 0 Å². The summed E-state index contributed by atoms with van der Waals surface area (Å²) in [7, 11) is 4.10. The molecule has 0 fully saturated rings. The van der Waals surface area contributed by atoms with E-state index < -0.39 is 0 Å². The van der Waals surface area contributed by atoms with Crippen molar-refractivity contribution in [3.05, 3.63) is 28.8 Å². The Labute approximate surface area is 70.5 Å². The van der Waals surface area contributed by atoms with Gasteiger partial charge in [0.1, 0.15) is 0 Å². The molecule has 0 saturated heterocycles. The van der Waals surface area contributed by atoms with Gasteiger partial charge in [-0.1, -0.05) is 28.1 Å². The summed E-state index contributed by atoms with van der Waals surface area (Å²) in [6.07, 6.45) is 7.41. The molecule has 2 heteroatoms. The lowest BCUT2D eigenvalue weighted by atomic mass is 10.1. The van der Waals surface area contributed by atoms with E-state index in [9.17, 15) is 0 Å². The van der Waals surface area contributed by atoms with Gasteiger partial charge >= 0.3 is 0 Å². The third-order valence-electron chi connectivity index (χ3n) is 1.46. The molecule has 1 rings (SSSR count). The van der Waals surface area contributed by atoms with E-state index in [1.54, 1.807) is 0 Å². The molecule has 0 unspecified atom stereocenters. The Morgan fingerprint density at radius 3 is 2.50 bits per heavy atom. The second kappa shape index (κ2) is 3.24. The van der Waals surface area contributed by atoms with E-state index in [0.717, 1.165) is 6.42 Å². The van der Waals surface area contributed by atoms with Crippen molar-refractivity contribution >= 4 is 15.9 Å². The predicted molar refractivity (Wildman–Crippen MR) is 47.7 cm³/mol. The van der Waals surface area contributed by atoms with Crippen molar-refractivity contribution in [2.45, 2.75) is 6.42 Å². The fourth-order valence-corrected chi connectivity index (χ4v) is 1.14. The minimum Gasteiger partial charge on any atom is -0.378 e. The SMILES string of the molecule is CN(C)C1=CC[C](Br)C=C1. The van der Waals surface area contributed by atoms with Crippen molar-refractivity contribution in [1.29, 1.82) is 0 Å². The molecule has 0 amide bonds. The molecule has 0 aliphatic heterocycles. The van der Waals surface area contributed by atoms with Crippen LogP contribution in [0.2, 0.25) is 0 Å². The third-order valence-corrected chi connectivity index (χ3v) is 2.05. The monoisotopic (exact) mass is 200 g/mol. The molecule has 0 bridgehead atoms. The van der Waals surface area contributed by atoms with Gasteiger partial charge in [-0.2, -0.15) is 0 Å². The van der Waals surface area contributed by atoms with Crippen LogP contribution in [0.25, 0.3) is 0 Å². The van der Waals surface area contributed by atoms with Gasteiger partial charge < -0.3 is 4.90 Å². The van der Waals surface area contributed by atoms with Crippen LogP contribution in [0.1, 0.15) is 6.42 Å². The molecule has 1 radical (unpaired) electrons. The fourth-order valence-electron chi connectivity index (χ4n) is 0.846. The highest BCUT2D eigenvalue weighted by Crippen LogP contribution is 2.23. The molecule has 0 aromatic carbocycles. The van der Waals surface area contributed by atoms with Crippen molar-refractivity contribution < 1.29 is 0 Å². The van der Waals surface area contributed by atoms with Crippen LogP contribution in [0.3, 0.4) is 0 Å². The maximum atomic E-state index is 3.43. The second-order valence-corrected chi connectivity index (χ2v) is 3.53. The summed E-state index contributed by atoms with van der Waals surface area (Å²) in [5.41, 5.74) is 1.28. The van der Waals surface area contributed by atoms with Gasteiger partial charge in [-0.05, 0) is 12.5 Å². The van der Waals surface area contributed by atoms with Crippen LogP contribution in [0.15, 0.2) is 23.9 Å². The molecule has 0 aromatic heterocycles. The van der Waals surface area contributed by atoms with Crippen LogP contribution in [-0.2, 0) is 0 Å². The minimum atomic E-state index is 1.02. The van der Waals surface area contributed by atoms with Crippen LogP contribution in [-0.4, -0.2) is 19.0 Å². The number of allylic oxidation sites excluding steroid dienone is 3. The zero-order valence-corrected chi connectivity index (χ0v) is 7.85. The molecule has 1 nitrogen and oxygen atoms in total. The summed E-state index contributed by atoms with van der Waals surface area (Å²) < 4.78 is 0.